The fraction of sp³-hybridized carbons (Fsp3) is 0.455. The molecule has 16 heavy (non-hydrogen) atoms. The number of halogens is 2. The Morgan fingerprint density at radius 1 is 0.938 bits per heavy atom. The molecule has 0 aliphatic heterocycles. The summed E-state index contributed by atoms with van der Waals surface area (Å²) in [4.78, 5) is 0. The van der Waals surface area contributed by atoms with Gasteiger partial charge in [-0.15, -0.1) is 31.5 Å². The van der Waals surface area contributed by atoms with Gasteiger partial charge in [0.15, 0.2) is 0 Å². The van der Waals surface area contributed by atoms with Crippen molar-refractivity contribution < 1.29 is 0 Å². The van der Waals surface area contributed by atoms with E-state index in [4.69, 9.17) is 0 Å². The van der Waals surface area contributed by atoms with E-state index in [2.05, 4.69) is 82.8 Å². The lowest BCUT2D eigenvalue weighted by molar-refractivity contribution is 1.29. The number of rotatable bonds is 3. The third-order valence-corrected chi connectivity index (χ3v) is 3.54. The number of hydrogen-bond donors (Lipinski definition) is 0. The molecule has 1 aromatic carbocycles. The van der Waals surface area contributed by atoms with E-state index in [0.717, 1.165) is 0 Å². The van der Waals surface area contributed by atoms with Crippen molar-refractivity contribution in [1.82, 2.24) is 0 Å². The monoisotopic (exact) mass is 343 g/mol. The minimum atomic E-state index is 0.307. The Morgan fingerprint density at radius 3 is 1.62 bits per heavy atom. The minimum Gasteiger partial charge on any atom is -0.442 e. The number of anilines is 1. The molecule has 0 aliphatic rings. The summed E-state index contributed by atoms with van der Waals surface area (Å²) in [6.07, 6.45) is 0. The third kappa shape index (κ3) is 3.07. The highest BCUT2D eigenvalue weighted by Crippen LogP contribution is 2.30. The van der Waals surface area contributed by atoms with Crippen molar-refractivity contribution in [3.8, 4) is 0 Å². The predicted molar refractivity (Wildman–Crippen MR) is 84.2 cm³/mol. The molecule has 86 valence electrons. The first-order chi connectivity index (χ1) is 7.34. The predicted octanol–water partition coefficient (Wildman–Crippen LogP) is 4.44. The van der Waals surface area contributed by atoms with Crippen LogP contribution in [0.25, 0.3) is 0 Å². The first-order valence-corrected chi connectivity index (χ1v) is 7.32. The van der Waals surface area contributed by atoms with E-state index in [1.807, 2.05) is 0 Å². The first-order valence-electron chi connectivity index (χ1n) is 5.49. The lowest BCUT2D eigenvalue weighted by atomic mass is 9.77. The molecule has 0 fully saturated rings. The van der Waals surface area contributed by atoms with Crippen molar-refractivity contribution in [3.63, 3.8) is 0 Å². The number of hydrogen-bond acceptors (Lipinski definition) is 1. The van der Waals surface area contributed by atoms with Crippen LogP contribution in [0.2, 0.25) is 13.6 Å². The minimum absolute atomic E-state index is 0.307. The standard InChI is InChI=1S/C11H17B2Br2N/c1-8-6-9(2)11(10(3)7-8)16(12(4)14)13(5)15/h6-7H,1-5H3. The van der Waals surface area contributed by atoms with Crippen molar-refractivity contribution in [1.29, 1.82) is 0 Å². The quantitative estimate of drug-likeness (QED) is 0.733. The molecule has 5 heteroatoms. The molecule has 0 radical (unpaired) electrons. The van der Waals surface area contributed by atoms with E-state index >= 15 is 0 Å². The molecule has 0 unspecified atom stereocenters. The fourth-order valence-electron chi connectivity index (χ4n) is 2.22. The van der Waals surface area contributed by atoms with Gasteiger partial charge in [0.05, 0.1) is 0 Å². The van der Waals surface area contributed by atoms with E-state index in [1.54, 1.807) is 0 Å². The van der Waals surface area contributed by atoms with E-state index in [9.17, 15) is 0 Å². The Bertz CT molecular complexity index is 349. The van der Waals surface area contributed by atoms with Gasteiger partial charge in [0.25, 0.3) is 0 Å². The van der Waals surface area contributed by atoms with E-state index in [1.165, 1.54) is 22.4 Å². The van der Waals surface area contributed by atoms with Crippen LogP contribution < -0.4 is 4.72 Å². The summed E-state index contributed by atoms with van der Waals surface area (Å²) in [5, 5.41) is 0. The molecule has 0 amide bonds. The number of nitrogens with zero attached hydrogens (tertiary/aromatic N) is 1. The Hall–Kier alpha value is 0.110. The van der Waals surface area contributed by atoms with Crippen LogP contribution in [-0.4, -0.2) is 11.3 Å². The van der Waals surface area contributed by atoms with Crippen LogP contribution in [-0.2, 0) is 0 Å². The fourth-order valence-corrected chi connectivity index (χ4v) is 3.65. The highest BCUT2D eigenvalue weighted by Gasteiger charge is 2.24. The molecule has 0 spiro atoms. The summed E-state index contributed by atoms with van der Waals surface area (Å²) in [5.74, 6) is 0. The van der Waals surface area contributed by atoms with Gasteiger partial charge in [-0.2, -0.15) is 0 Å². The van der Waals surface area contributed by atoms with Gasteiger partial charge in [0.2, 0.25) is 0 Å². The van der Waals surface area contributed by atoms with Gasteiger partial charge in [-0.05, 0) is 31.9 Å². The van der Waals surface area contributed by atoms with Crippen LogP contribution in [0.4, 0.5) is 5.69 Å². The second kappa shape index (κ2) is 5.63. The summed E-state index contributed by atoms with van der Waals surface area (Å²) in [6.45, 7) is 10.8. The largest absolute Gasteiger partial charge is 0.442 e. The lowest BCUT2D eigenvalue weighted by Crippen LogP contribution is -2.41. The van der Waals surface area contributed by atoms with Crippen molar-refractivity contribution in [2.45, 2.75) is 34.4 Å². The van der Waals surface area contributed by atoms with Gasteiger partial charge in [0.1, 0.15) is 0 Å². The molecule has 0 atom stereocenters. The Labute approximate surface area is 116 Å². The topological polar surface area (TPSA) is 3.24 Å². The molecular weight excluding hydrogens is 328 g/mol. The Morgan fingerprint density at radius 2 is 1.31 bits per heavy atom. The molecule has 0 saturated carbocycles. The molecule has 1 rings (SSSR count). The average molecular weight is 345 g/mol. The zero-order valence-corrected chi connectivity index (χ0v) is 13.7. The lowest BCUT2D eigenvalue weighted by Gasteiger charge is -2.31. The number of benzene rings is 1. The van der Waals surface area contributed by atoms with Crippen LogP contribution in [0.15, 0.2) is 12.1 Å². The molecule has 1 nitrogen and oxygen atoms in total. The third-order valence-electron chi connectivity index (χ3n) is 2.66. The van der Waals surface area contributed by atoms with Crippen molar-refractivity contribution in [2.75, 3.05) is 4.72 Å². The highest BCUT2D eigenvalue weighted by molar-refractivity contribution is 9.26. The maximum atomic E-state index is 3.66. The van der Waals surface area contributed by atoms with Crippen LogP contribution in [0, 0.1) is 20.8 Å². The van der Waals surface area contributed by atoms with Gasteiger partial charge >= 0.3 is 11.3 Å². The first kappa shape index (κ1) is 14.2. The van der Waals surface area contributed by atoms with Crippen LogP contribution >= 0.6 is 31.5 Å². The smallest absolute Gasteiger partial charge is 0.318 e. The van der Waals surface area contributed by atoms with Gasteiger partial charge in [0, 0.05) is 5.69 Å². The van der Waals surface area contributed by atoms with Crippen molar-refractivity contribution in [2.24, 2.45) is 0 Å². The Balaban J connectivity index is 3.29. The van der Waals surface area contributed by atoms with Gasteiger partial charge in [-0.25, -0.2) is 0 Å². The Kier molecular flexibility index (Phi) is 4.99. The maximum absolute atomic E-state index is 3.66. The van der Waals surface area contributed by atoms with E-state index in [0.29, 0.717) is 11.3 Å². The molecule has 0 bridgehead atoms. The van der Waals surface area contributed by atoms with E-state index < -0.39 is 0 Å². The molecule has 0 N–H and O–H groups in total. The second-order valence-corrected chi connectivity index (χ2v) is 6.95. The molecule has 0 aromatic heterocycles. The van der Waals surface area contributed by atoms with Gasteiger partial charge < -0.3 is 4.72 Å². The van der Waals surface area contributed by atoms with Gasteiger partial charge in [-0.1, -0.05) is 31.3 Å². The highest BCUT2D eigenvalue weighted by atomic mass is 79.9. The average Bonchev–Trinajstić information content (AvgIpc) is 2.09. The normalized spacial score (nSPS) is 10.2. The maximum Gasteiger partial charge on any atom is 0.318 e. The molecule has 0 heterocycles. The SMILES string of the molecule is CB(Br)N(B(C)Br)c1c(C)cc(C)cc1C. The summed E-state index contributed by atoms with van der Waals surface area (Å²) < 4.78 is 2.34. The van der Waals surface area contributed by atoms with E-state index in [-0.39, 0.29) is 0 Å². The zero-order chi connectivity index (χ0) is 12.5. The second-order valence-electron chi connectivity index (χ2n) is 4.30. The summed E-state index contributed by atoms with van der Waals surface area (Å²) >= 11 is 7.32. The van der Waals surface area contributed by atoms with Gasteiger partial charge in [-0.3, -0.25) is 0 Å². The molecule has 1 aromatic rings. The van der Waals surface area contributed by atoms with Crippen LogP contribution in [0.5, 0.6) is 0 Å². The summed E-state index contributed by atoms with van der Waals surface area (Å²) in [5.41, 5.74) is 5.91. The molecule has 0 aliphatic carbocycles. The summed E-state index contributed by atoms with van der Waals surface area (Å²) in [7, 11) is 0. The zero-order valence-electron chi connectivity index (χ0n) is 10.5. The van der Waals surface area contributed by atoms with Crippen molar-refractivity contribution >= 4 is 48.5 Å². The molecule has 0 saturated heterocycles. The number of aryl methyl sites for hydroxylation is 3. The van der Waals surface area contributed by atoms with Crippen LogP contribution in [0.1, 0.15) is 16.7 Å². The molecular formula is C11H17B2Br2N. The van der Waals surface area contributed by atoms with Crippen molar-refractivity contribution in [3.05, 3.63) is 28.8 Å². The van der Waals surface area contributed by atoms with Crippen LogP contribution in [0.3, 0.4) is 0 Å². The summed E-state index contributed by atoms with van der Waals surface area (Å²) in [6, 6.07) is 4.47.